The van der Waals surface area contributed by atoms with E-state index in [-0.39, 0.29) is 18.1 Å². The Kier molecular flexibility index (Phi) is 7.76. The van der Waals surface area contributed by atoms with Gasteiger partial charge in [-0.2, -0.15) is 0 Å². The summed E-state index contributed by atoms with van der Waals surface area (Å²) in [6.07, 6.45) is 1.78. The highest BCUT2D eigenvalue weighted by molar-refractivity contribution is 14.1. The Hall–Kier alpha value is -3.31. The minimum absolute atomic E-state index is 0.186. The second-order valence-electron chi connectivity index (χ2n) is 7.65. The van der Waals surface area contributed by atoms with E-state index in [0.717, 1.165) is 25.9 Å². The quantitative estimate of drug-likeness (QED) is 0.264. The van der Waals surface area contributed by atoms with Crippen LogP contribution in [0.3, 0.4) is 0 Å². The van der Waals surface area contributed by atoms with Gasteiger partial charge in [0.1, 0.15) is 6.61 Å². The molecule has 0 aliphatic carbocycles. The number of amidine groups is 1. The van der Waals surface area contributed by atoms with Crippen LogP contribution < -0.4 is 14.8 Å². The van der Waals surface area contributed by atoms with Gasteiger partial charge in [-0.15, -0.1) is 0 Å². The summed E-state index contributed by atoms with van der Waals surface area (Å²) in [5.74, 6) is -0.151. The third-order valence-electron chi connectivity index (χ3n) is 5.02. The Morgan fingerprint density at radius 3 is 2.66 bits per heavy atom. The van der Waals surface area contributed by atoms with Crippen molar-refractivity contribution < 1.29 is 24.2 Å². The fourth-order valence-electron chi connectivity index (χ4n) is 3.28. The summed E-state index contributed by atoms with van der Waals surface area (Å²) in [5, 5.41) is 12.5. The number of thioether (sulfide) groups is 1. The molecule has 0 unspecified atom stereocenters. The number of hydrogen-bond acceptors (Lipinski definition) is 6. The lowest BCUT2D eigenvalue weighted by molar-refractivity contribution is -0.115. The topological polar surface area (TPSA) is 97.2 Å². The summed E-state index contributed by atoms with van der Waals surface area (Å²) >= 11 is 3.42. The zero-order valence-electron chi connectivity index (χ0n) is 18.9. The number of ether oxygens (including phenoxy) is 2. The molecule has 0 saturated carbocycles. The third kappa shape index (κ3) is 6.23. The first-order valence-electron chi connectivity index (χ1n) is 10.5. The molecule has 1 amide bonds. The lowest BCUT2D eigenvalue weighted by Crippen LogP contribution is -2.19. The number of halogens is 1. The Bertz CT molecular complexity index is 1350. The molecule has 0 atom stereocenters. The zero-order chi connectivity index (χ0) is 24.9. The molecule has 35 heavy (non-hydrogen) atoms. The van der Waals surface area contributed by atoms with E-state index in [1.807, 2.05) is 37.3 Å². The van der Waals surface area contributed by atoms with Crippen LogP contribution in [0.15, 0.2) is 70.6 Å². The Balaban J connectivity index is 1.52. The monoisotopic (exact) mass is 600 g/mol. The number of nitrogens with zero attached hydrogens (tertiary/aromatic N) is 1. The van der Waals surface area contributed by atoms with Crippen LogP contribution in [0, 0.1) is 10.5 Å². The van der Waals surface area contributed by atoms with Crippen LogP contribution >= 0.6 is 34.4 Å². The molecule has 4 rings (SSSR count). The van der Waals surface area contributed by atoms with Crippen LogP contribution in [0.5, 0.6) is 11.5 Å². The van der Waals surface area contributed by atoms with Crippen LogP contribution in [-0.4, -0.2) is 29.3 Å². The predicted octanol–water partition coefficient (Wildman–Crippen LogP) is 5.78. The number of carboxylic acid groups (broad SMARTS) is 1. The molecule has 9 heteroatoms. The number of carboxylic acids is 1. The van der Waals surface area contributed by atoms with E-state index in [2.05, 4.69) is 32.9 Å². The first-order valence-corrected chi connectivity index (χ1v) is 12.4. The summed E-state index contributed by atoms with van der Waals surface area (Å²) in [7, 11) is 1.55. The van der Waals surface area contributed by atoms with Crippen LogP contribution in [0.2, 0.25) is 0 Å². The van der Waals surface area contributed by atoms with Crippen molar-refractivity contribution in [3.8, 4) is 11.5 Å². The fraction of sp³-hybridized carbons (Fsp3) is 0.115. The number of benzene rings is 3. The van der Waals surface area contributed by atoms with Gasteiger partial charge in [-0.1, -0.05) is 29.8 Å². The summed E-state index contributed by atoms with van der Waals surface area (Å²) in [6.45, 7) is 2.19. The van der Waals surface area contributed by atoms with Gasteiger partial charge in [0, 0.05) is 0 Å². The lowest BCUT2D eigenvalue weighted by Gasteiger charge is -2.14. The zero-order valence-corrected chi connectivity index (χ0v) is 21.8. The van der Waals surface area contributed by atoms with Gasteiger partial charge in [-0.25, -0.2) is 9.79 Å². The molecule has 0 radical (unpaired) electrons. The van der Waals surface area contributed by atoms with E-state index in [1.54, 1.807) is 37.5 Å². The van der Waals surface area contributed by atoms with Crippen molar-refractivity contribution in [1.82, 2.24) is 5.32 Å². The average molecular weight is 600 g/mol. The van der Waals surface area contributed by atoms with Gasteiger partial charge in [-0.3, -0.25) is 4.79 Å². The number of methoxy groups -OCH3 is 1. The van der Waals surface area contributed by atoms with Crippen molar-refractivity contribution in [2.75, 3.05) is 7.11 Å². The van der Waals surface area contributed by atoms with Gasteiger partial charge in [-0.05, 0) is 94.9 Å². The van der Waals surface area contributed by atoms with Gasteiger partial charge in [0.25, 0.3) is 5.91 Å². The van der Waals surface area contributed by atoms with E-state index in [1.165, 1.54) is 17.8 Å². The van der Waals surface area contributed by atoms with Crippen molar-refractivity contribution in [2.45, 2.75) is 13.5 Å². The summed E-state index contributed by atoms with van der Waals surface area (Å²) in [5.41, 5.74) is 3.62. The van der Waals surface area contributed by atoms with E-state index < -0.39 is 5.97 Å². The molecular formula is C26H21IN2O5S. The molecule has 1 fully saturated rings. The number of aliphatic imine (C=N–C) groups is 1. The molecule has 0 spiro atoms. The SMILES string of the molecule is COc1cc(/C=C2/SC(=Nc3ccc(C)cc3)NC2=O)cc(I)c1OCc1cccc(C(=O)O)c1. The third-order valence-corrected chi connectivity index (χ3v) is 6.73. The highest BCUT2D eigenvalue weighted by atomic mass is 127. The number of hydrogen-bond donors (Lipinski definition) is 2. The second-order valence-corrected chi connectivity index (χ2v) is 9.84. The molecule has 178 valence electrons. The van der Waals surface area contributed by atoms with Gasteiger partial charge in [0.15, 0.2) is 16.7 Å². The smallest absolute Gasteiger partial charge is 0.335 e. The molecule has 0 aromatic heterocycles. The van der Waals surface area contributed by atoms with E-state index in [9.17, 15) is 14.7 Å². The first kappa shape index (κ1) is 24.8. The maximum absolute atomic E-state index is 12.5. The van der Waals surface area contributed by atoms with Crippen LogP contribution in [-0.2, 0) is 11.4 Å². The van der Waals surface area contributed by atoms with Crippen molar-refractivity contribution in [3.05, 3.63) is 91.4 Å². The van der Waals surface area contributed by atoms with Crippen LogP contribution in [0.4, 0.5) is 5.69 Å². The molecular weight excluding hydrogens is 579 g/mol. The maximum atomic E-state index is 12.5. The number of nitrogens with one attached hydrogen (secondary N) is 1. The lowest BCUT2D eigenvalue weighted by atomic mass is 10.1. The van der Waals surface area contributed by atoms with Crippen molar-refractivity contribution in [2.24, 2.45) is 4.99 Å². The van der Waals surface area contributed by atoms with Crippen molar-refractivity contribution in [1.29, 1.82) is 0 Å². The number of amides is 1. The van der Waals surface area contributed by atoms with Gasteiger partial charge < -0.3 is 19.9 Å². The minimum atomic E-state index is -0.989. The maximum Gasteiger partial charge on any atom is 0.335 e. The number of carbonyl (C=O) groups excluding carboxylic acids is 1. The van der Waals surface area contributed by atoms with Gasteiger partial charge in [0.05, 0.1) is 26.8 Å². The number of carbonyl (C=O) groups is 2. The largest absolute Gasteiger partial charge is 0.493 e. The molecule has 1 saturated heterocycles. The van der Waals surface area contributed by atoms with E-state index in [4.69, 9.17) is 9.47 Å². The van der Waals surface area contributed by atoms with Gasteiger partial charge in [0.2, 0.25) is 0 Å². The van der Waals surface area contributed by atoms with Crippen LogP contribution in [0.1, 0.15) is 27.0 Å². The van der Waals surface area contributed by atoms with E-state index in [0.29, 0.717) is 21.6 Å². The summed E-state index contributed by atoms with van der Waals surface area (Å²) < 4.78 is 12.3. The first-order chi connectivity index (χ1) is 16.8. The standard InChI is InChI=1S/C26H21IN2O5S/c1-15-6-8-19(9-7-15)28-26-29-24(30)22(35-26)13-17-11-20(27)23(21(12-17)33-2)34-14-16-4-3-5-18(10-16)25(31)32/h3-13H,14H2,1-2H3,(H,31,32)(H,28,29,30)/b22-13+. The molecule has 1 aliphatic rings. The highest BCUT2D eigenvalue weighted by Crippen LogP contribution is 2.36. The number of aromatic carboxylic acids is 1. The molecule has 3 aromatic rings. The minimum Gasteiger partial charge on any atom is -0.493 e. The molecule has 3 aromatic carbocycles. The second kappa shape index (κ2) is 11.0. The normalized spacial score (nSPS) is 15.3. The number of rotatable bonds is 7. The fourth-order valence-corrected chi connectivity index (χ4v) is 4.90. The molecule has 1 heterocycles. The number of aryl methyl sites for hydroxylation is 1. The molecule has 7 nitrogen and oxygen atoms in total. The van der Waals surface area contributed by atoms with Gasteiger partial charge >= 0.3 is 5.97 Å². The Morgan fingerprint density at radius 2 is 1.94 bits per heavy atom. The predicted molar refractivity (Wildman–Crippen MR) is 145 cm³/mol. The highest BCUT2D eigenvalue weighted by Gasteiger charge is 2.24. The molecule has 1 aliphatic heterocycles. The summed E-state index contributed by atoms with van der Waals surface area (Å²) in [4.78, 5) is 28.7. The summed E-state index contributed by atoms with van der Waals surface area (Å²) in [6, 6.07) is 18.0. The molecule has 0 bridgehead atoms. The Labute approximate surface area is 220 Å². The van der Waals surface area contributed by atoms with Crippen molar-refractivity contribution in [3.63, 3.8) is 0 Å². The Morgan fingerprint density at radius 1 is 1.17 bits per heavy atom. The molecule has 2 N–H and O–H groups in total. The van der Waals surface area contributed by atoms with Crippen LogP contribution in [0.25, 0.3) is 6.08 Å². The van der Waals surface area contributed by atoms with Crippen molar-refractivity contribution >= 4 is 63.2 Å². The average Bonchev–Trinajstić information content (AvgIpc) is 3.17. The van der Waals surface area contributed by atoms with E-state index >= 15 is 0 Å².